The predicted octanol–water partition coefficient (Wildman–Crippen LogP) is 1.88. The van der Waals surface area contributed by atoms with E-state index in [1.165, 1.54) is 19.1 Å². The Bertz CT molecular complexity index is 439. The van der Waals surface area contributed by atoms with E-state index in [-0.39, 0.29) is 5.97 Å². The van der Waals surface area contributed by atoms with Crippen LogP contribution in [0, 0.1) is 0 Å². The molecule has 1 heterocycles. The molecule has 1 aliphatic rings. The molecule has 1 N–H and O–H groups in total. The summed E-state index contributed by atoms with van der Waals surface area (Å²) in [5.74, 6) is 1.15. The molecule has 1 aromatic rings. The number of ether oxygens (including phenoxy) is 2. The zero-order chi connectivity index (χ0) is 13.7. The van der Waals surface area contributed by atoms with Crippen molar-refractivity contribution in [3.63, 3.8) is 0 Å². The van der Waals surface area contributed by atoms with Gasteiger partial charge in [0.25, 0.3) is 0 Å². The van der Waals surface area contributed by atoms with E-state index in [1.54, 1.807) is 7.11 Å². The van der Waals surface area contributed by atoms with E-state index in [0.717, 1.165) is 30.8 Å². The van der Waals surface area contributed by atoms with Crippen LogP contribution < -0.4 is 10.1 Å². The minimum absolute atomic E-state index is 0.210. The maximum absolute atomic E-state index is 11.4. The highest BCUT2D eigenvalue weighted by molar-refractivity contribution is 5.72. The Morgan fingerprint density at radius 2 is 2.26 bits per heavy atom. The van der Waals surface area contributed by atoms with Gasteiger partial charge in [0, 0.05) is 12.5 Å². The average Bonchev–Trinajstić information content (AvgIpc) is 2.48. The molecule has 2 rings (SSSR count). The number of rotatable bonds is 4. The van der Waals surface area contributed by atoms with E-state index in [2.05, 4.69) is 11.4 Å². The quantitative estimate of drug-likeness (QED) is 0.843. The SMILES string of the molecule is COC(=O)Cc1ccc(OC)c(C2CCCNC2)c1. The molecule has 19 heavy (non-hydrogen) atoms. The van der Waals surface area contributed by atoms with Crippen molar-refractivity contribution < 1.29 is 14.3 Å². The first-order chi connectivity index (χ1) is 9.24. The van der Waals surface area contributed by atoms with Gasteiger partial charge in [0.05, 0.1) is 20.6 Å². The van der Waals surface area contributed by atoms with Crippen LogP contribution in [-0.2, 0) is 16.0 Å². The first kappa shape index (κ1) is 13.9. The fraction of sp³-hybridized carbons (Fsp3) is 0.533. The fourth-order valence-electron chi connectivity index (χ4n) is 2.57. The fourth-order valence-corrected chi connectivity index (χ4v) is 2.57. The summed E-state index contributed by atoms with van der Waals surface area (Å²) < 4.78 is 10.2. The number of benzene rings is 1. The summed E-state index contributed by atoms with van der Waals surface area (Å²) in [4.78, 5) is 11.4. The Morgan fingerprint density at radius 1 is 1.42 bits per heavy atom. The van der Waals surface area contributed by atoms with Crippen molar-refractivity contribution in [3.8, 4) is 5.75 Å². The smallest absolute Gasteiger partial charge is 0.309 e. The van der Waals surface area contributed by atoms with E-state index in [0.29, 0.717) is 12.3 Å². The second kappa shape index (κ2) is 6.57. The van der Waals surface area contributed by atoms with Crippen LogP contribution in [0.3, 0.4) is 0 Å². The zero-order valence-corrected chi connectivity index (χ0v) is 11.6. The third kappa shape index (κ3) is 3.47. The van der Waals surface area contributed by atoms with Crippen LogP contribution in [0.1, 0.15) is 29.9 Å². The van der Waals surface area contributed by atoms with Gasteiger partial charge in [-0.2, -0.15) is 0 Å². The lowest BCUT2D eigenvalue weighted by molar-refractivity contribution is -0.139. The minimum atomic E-state index is -0.210. The first-order valence-corrected chi connectivity index (χ1v) is 6.69. The molecule has 0 saturated carbocycles. The normalized spacial score (nSPS) is 18.9. The molecular weight excluding hydrogens is 242 g/mol. The maximum atomic E-state index is 11.4. The molecule has 1 saturated heterocycles. The van der Waals surface area contributed by atoms with Gasteiger partial charge < -0.3 is 14.8 Å². The molecule has 0 amide bonds. The van der Waals surface area contributed by atoms with Crippen molar-refractivity contribution in [1.82, 2.24) is 5.32 Å². The van der Waals surface area contributed by atoms with Crippen LogP contribution in [0.5, 0.6) is 5.75 Å². The highest BCUT2D eigenvalue weighted by Gasteiger charge is 2.19. The Kier molecular flexibility index (Phi) is 4.80. The molecule has 1 unspecified atom stereocenters. The van der Waals surface area contributed by atoms with Gasteiger partial charge in [-0.25, -0.2) is 0 Å². The Morgan fingerprint density at radius 3 is 2.89 bits per heavy atom. The number of piperidine rings is 1. The van der Waals surface area contributed by atoms with Crippen molar-refractivity contribution in [1.29, 1.82) is 0 Å². The zero-order valence-electron chi connectivity index (χ0n) is 11.6. The summed E-state index contributed by atoms with van der Waals surface area (Å²) in [6.45, 7) is 2.05. The summed E-state index contributed by atoms with van der Waals surface area (Å²) in [7, 11) is 3.10. The lowest BCUT2D eigenvalue weighted by atomic mass is 9.89. The van der Waals surface area contributed by atoms with Crippen molar-refractivity contribution in [2.45, 2.75) is 25.2 Å². The maximum Gasteiger partial charge on any atom is 0.309 e. The molecule has 1 fully saturated rings. The summed E-state index contributed by atoms with van der Waals surface area (Å²) >= 11 is 0. The summed E-state index contributed by atoms with van der Waals surface area (Å²) in [6, 6.07) is 5.95. The van der Waals surface area contributed by atoms with E-state index in [1.807, 2.05) is 12.1 Å². The lowest BCUT2D eigenvalue weighted by Crippen LogP contribution is -2.28. The van der Waals surface area contributed by atoms with Crippen molar-refractivity contribution >= 4 is 5.97 Å². The van der Waals surface area contributed by atoms with Crippen molar-refractivity contribution in [3.05, 3.63) is 29.3 Å². The second-order valence-corrected chi connectivity index (χ2v) is 4.87. The van der Waals surface area contributed by atoms with E-state index in [4.69, 9.17) is 9.47 Å². The molecule has 0 bridgehead atoms. The van der Waals surface area contributed by atoms with Crippen LogP contribution >= 0.6 is 0 Å². The Labute approximate surface area is 114 Å². The third-order valence-corrected chi connectivity index (χ3v) is 3.61. The van der Waals surface area contributed by atoms with E-state index in [9.17, 15) is 4.79 Å². The van der Waals surface area contributed by atoms with Crippen molar-refractivity contribution in [2.24, 2.45) is 0 Å². The highest BCUT2D eigenvalue weighted by Crippen LogP contribution is 2.32. The van der Waals surface area contributed by atoms with Gasteiger partial charge in [0.1, 0.15) is 5.75 Å². The molecule has 0 aliphatic carbocycles. The van der Waals surface area contributed by atoms with Gasteiger partial charge in [0.2, 0.25) is 0 Å². The van der Waals surface area contributed by atoms with E-state index >= 15 is 0 Å². The van der Waals surface area contributed by atoms with E-state index < -0.39 is 0 Å². The number of carbonyl (C=O) groups is 1. The van der Waals surface area contributed by atoms with Gasteiger partial charge in [-0.15, -0.1) is 0 Å². The number of hydrogen-bond acceptors (Lipinski definition) is 4. The first-order valence-electron chi connectivity index (χ1n) is 6.69. The number of nitrogens with one attached hydrogen (secondary N) is 1. The van der Waals surface area contributed by atoms with Crippen LogP contribution in [0.4, 0.5) is 0 Å². The standard InChI is InChI=1S/C15H21NO3/c1-18-14-6-5-11(9-15(17)19-2)8-13(14)12-4-3-7-16-10-12/h5-6,8,12,16H,3-4,7,9-10H2,1-2H3. The van der Waals surface area contributed by atoms with Crippen LogP contribution in [0.2, 0.25) is 0 Å². The molecule has 1 atom stereocenters. The number of hydrogen-bond donors (Lipinski definition) is 1. The average molecular weight is 263 g/mol. The molecule has 0 spiro atoms. The summed E-state index contributed by atoms with van der Waals surface area (Å²) in [5, 5.41) is 3.41. The van der Waals surface area contributed by atoms with Crippen LogP contribution in [0.25, 0.3) is 0 Å². The van der Waals surface area contributed by atoms with Crippen molar-refractivity contribution in [2.75, 3.05) is 27.3 Å². The minimum Gasteiger partial charge on any atom is -0.496 e. The summed E-state index contributed by atoms with van der Waals surface area (Å²) in [5.41, 5.74) is 2.17. The molecule has 4 heteroatoms. The molecule has 4 nitrogen and oxygen atoms in total. The number of methoxy groups -OCH3 is 2. The third-order valence-electron chi connectivity index (χ3n) is 3.61. The molecule has 0 aromatic heterocycles. The topological polar surface area (TPSA) is 47.6 Å². The predicted molar refractivity (Wildman–Crippen MR) is 73.6 cm³/mol. The summed E-state index contributed by atoms with van der Waals surface area (Å²) in [6.07, 6.45) is 2.65. The van der Waals surface area contributed by atoms with Gasteiger partial charge in [-0.3, -0.25) is 4.79 Å². The monoisotopic (exact) mass is 263 g/mol. The lowest BCUT2D eigenvalue weighted by Gasteiger charge is -2.25. The number of carbonyl (C=O) groups excluding carboxylic acids is 1. The van der Waals surface area contributed by atoms with Gasteiger partial charge >= 0.3 is 5.97 Å². The Hall–Kier alpha value is -1.55. The molecular formula is C15H21NO3. The second-order valence-electron chi connectivity index (χ2n) is 4.87. The molecule has 0 radical (unpaired) electrons. The largest absolute Gasteiger partial charge is 0.496 e. The highest BCUT2D eigenvalue weighted by atomic mass is 16.5. The Balaban J connectivity index is 2.22. The van der Waals surface area contributed by atoms with Crippen LogP contribution in [0.15, 0.2) is 18.2 Å². The van der Waals surface area contributed by atoms with Crippen LogP contribution in [-0.4, -0.2) is 33.3 Å². The number of esters is 1. The van der Waals surface area contributed by atoms with Gasteiger partial charge in [-0.1, -0.05) is 12.1 Å². The molecule has 1 aliphatic heterocycles. The van der Waals surface area contributed by atoms with Gasteiger partial charge in [0.15, 0.2) is 0 Å². The van der Waals surface area contributed by atoms with Gasteiger partial charge in [-0.05, 0) is 36.6 Å². The molecule has 104 valence electrons. The molecule has 1 aromatic carbocycles.